The number of carbonyl (C=O) groups excluding carboxylic acids is 3. The molecule has 4 amide bonds. The number of hydrogen-bond donors (Lipinski definition) is 5. The quantitative estimate of drug-likeness (QED) is 0.405. The Morgan fingerprint density at radius 1 is 1.19 bits per heavy atom. The van der Waals surface area contributed by atoms with Gasteiger partial charge in [0.25, 0.3) is 0 Å². The van der Waals surface area contributed by atoms with Crippen LogP contribution in [0.1, 0.15) is 33.6 Å². The highest BCUT2D eigenvalue weighted by molar-refractivity contribution is 5.87. The van der Waals surface area contributed by atoms with Crippen molar-refractivity contribution in [3.63, 3.8) is 0 Å². The average molecular weight is 302 g/mol. The molecule has 0 fully saturated rings. The maximum atomic E-state index is 11.5. The van der Waals surface area contributed by atoms with Crippen LogP contribution in [0.5, 0.6) is 0 Å². The smallest absolute Gasteiger partial charge is 0.326 e. The number of amides is 4. The molecule has 0 rings (SSSR count). The van der Waals surface area contributed by atoms with Crippen LogP contribution in [0.25, 0.3) is 0 Å². The van der Waals surface area contributed by atoms with Gasteiger partial charge in [0.1, 0.15) is 6.04 Å². The average Bonchev–Trinajstić information content (AvgIpc) is 2.29. The van der Waals surface area contributed by atoms with Crippen LogP contribution < -0.4 is 21.7 Å². The molecule has 9 nitrogen and oxygen atoms in total. The fourth-order valence-corrected chi connectivity index (χ4v) is 1.38. The van der Waals surface area contributed by atoms with E-state index in [1.165, 1.54) is 0 Å². The Morgan fingerprint density at radius 3 is 2.19 bits per heavy atom. The van der Waals surface area contributed by atoms with Crippen LogP contribution in [0.15, 0.2) is 0 Å². The standard InChI is InChI=1S/C12H22N4O5/c1-12(2,3)16-9(18)6-14-11(21)15-7(10(19)20)4-5-8(13)17/h7H,4-6H2,1-3H3,(H2,13,17)(H,16,18)(H,19,20)(H2,14,15,21). The second kappa shape index (κ2) is 8.08. The summed E-state index contributed by atoms with van der Waals surface area (Å²) in [5.74, 6) is -2.35. The Balaban J connectivity index is 4.23. The topological polar surface area (TPSA) is 151 Å². The minimum atomic E-state index is -1.29. The van der Waals surface area contributed by atoms with Crippen LogP contribution in [0.3, 0.4) is 0 Å². The molecular weight excluding hydrogens is 280 g/mol. The highest BCUT2D eigenvalue weighted by Crippen LogP contribution is 1.98. The van der Waals surface area contributed by atoms with Crippen molar-refractivity contribution in [1.29, 1.82) is 0 Å². The molecule has 0 heterocycles. The van der Waals surface area contributed by atoms with Crippen LogP contribution in [-0.4, -0.2) is 47.0 Å². The number of carbonyl (C=O) groups is 4. The maximum Gasteiger partial charge on any atom is 0.326 e. The van der Waals surface area contributed by atoms with Crippen LogP contribution in [0, 0.1) is 0 Å². The van der Waals surface area contributed by atoms with E-state index in [0.717, 1.165) is 0 Å². The molecule has 0 aliphatic rings. The summed E-state index contributed by atoms with van der Waals surface area (Å²) in [5.41, 5.74) is 4.49. The predicted octanol–water partition coefficient (Wildman–Crippen LogP) is -1.08. The Labute approximate surface area is 122 Å². The van der Waals surface area contributed by atoms with Crippen LogP contribution >= 0.6 is 0 Å². The van der Waals surface area contributed by atoms with E-state index < -0.39 is 35.4 Å². The number of urea groups is 1. The molecule has 0 aliphatic heterocycles. The maximum absolute atomic E-state index is 11.5. The van der Waals surface area contributed by atoms with E-state index in [9.17, 15) is 19.2 Å². The monoisotopic (exact) mass is 302 g/mol. The number of carboxylic acid groups (broad SMARTS) is 1. The van der Waals surface area contributed by atoms with Gasteiger partial charge in [-0.1, -0.05) is 0 Å². The first-order valence-electron chi connectivity index (χ1n) is 6.38. The number of aliphatic carboxylic acids is 1. The van der Waals surface area contributed by atoms with Gasteiger partial charge in [-0.3, -0.25) is 9.59 Å². The molecule has 0 radical (unpaired) electrons. The van der Waals surface area contributed by atoms with Gasteiger partial charge >= 0.3 is 12.0 Å². The normalized spacial score (nSPS) is 12.1. The highest BCUT2D eigenvalue weighted by atomic mass is 16.4. The third kappa shape index (κ3) is 10.2. The van der Waals surface area contributed by atoms with Gasteiger partial charge in [-0.15, -0.1) is 0 Å². The summed E-state index contributed by atoms with van der Waals surface area (Å²) in [6.07, 6.45) is -0.284. The molecule has 0 aliphatic carbocycles. The first kappa shape index (κ1) is 18.7. The minimum absolute atomic E-state index is 0.119. The third-order valence-electron chi connectivity index (χ3n) is 2.21. The number of primary amides is 1. The highest BCUT2D eigenvalue weighted by Gasteiger charge is 2.21. The summed E-state index contributed by atoms with van der Waals surface area (Å²) < 4.78 is 0. The lowest BCUT2D eigenvalue weighted by atomic mass is 10.1. The van der Waals surface area contributed by atoms with Crippen molar-refractivity contribution in [2.24, 2.45) is 5.73 Å². The van der Waals surface area contributed by atoms with Gasteiger partial charge in [0.2, 0.25) is 11.8 Å². The van der Waals surface area contributed by atoms with Crippen molar-refractivity contribution in [3.8, 4) is 0 Å². The van der Waals surface area contributed by atoms with Crippen molar-refractivity contribution in [2.75, 3.05) is 6.54 Å². The van der Waals surface area contributed by atoms with Gasteiger partial charge < -0.3 is 26.8 Å². The van der Waals surface area contributed by atoms with E-state index in [1.807, 2.05) is 0 Å². The summed E-state index contributed by atoms with van der Waals surface area (Å²) in [6, 6.07) is -2.06. The zero-order chi connectivity index (χ0) is 16.6. The van der Waals surface area contributed by atoms with Crippen LogP contribution in [0.2, 0.25) is 0 Å². The molecule has 0 bridgehead atoms. The van der Waals surface area contributed by atoms with Crippen LogP contribution in [0.4, 0.5) is 4.79 Å². The molecule has 0 aromatic heterocycles. The molecule has 0 aromatic rings. The molecule has 0 spiro atoms. The van der Waals surface area contributed by atoms with E-state index >= 15 is 0 Å². The molecule has 1 atom stereocenters. The Morgan fingerprint density at radius 2 is 1.76 bits per heavy atom. The largest absolute Gasteiger partial charge is 0.480 e. The van der Waals surface area contributed by atoms with Crippen LogP contribution in [-0.2, 0) is 14.4 Å². The molecule has 0 saturated heterocycles. The van der Waals surface area contributed by atoms with Gasteiger partial charge in [0.15, 0.2) is 0 Å². The van der Waals surface area contributed by atoms with Crippen molar-refractivity contribution >= 4 is 23.8 Å². The number of rotatable bonds is 7. The molecule has 1 unspecified atom stereocenters. The zero-order valence-corrected chi connectivity index (χ0v) is 12.4. The minimum Gasteiger partial charge on any atom is -0.480 e. The molecule has 0 saturated carbocycles. The Kier molecular flexibility index (Phi) is 7.18. The van der Waals surface area contributed by atoms with Crippen molar-refractivity contribution in [3.05, 3.63) is 0 Å². The van der Waals surface area contributed by atoms with Gasteiger partial charge in [-0.05, 0) is 27.2 Å². The summed E-state index contributed by atoms with van der Waals surface area (Å²) in [6.45, 7) is 5.07. The SMILES string of the molecule is CC(C)(C)NC(=O)CNC(=O)NC(CCC(N)=O)C(=O)O. The lowest BCUT2D eigenvalue weighted by Crippen LogP contribution is -2.50. The van der Waals surface area contributed by atoms with Crippen molar-refractivity contribution < 1.29 is 24.3 Å². The van der Waals surface area contributed by atoms with Crippen molar-refractivity contribution in [2.45, 2.75) is 45.2 Å². The van der Waals surface area contributed by atoms with Gasteiger partial charge in [0.05, 0.1) is 6.54 Å². The molecule has 9 heteroatoms. The molecule has 120 valence electrons. The molecule has 21 heavy (non-hydrogen) atoms. The van der Waals surface area contributed by atoms with E-state index in [1.54, 1.807) is 20.8 Å². The summed E-state index contributed by atoms with van der Waals surface area (Å²) in [7, 11) is 0. The Bertz CT molecular complexity index is 416. The third-order valence-corrected chi connectivity index (χ3v) is 2.21. The van der Waals surface area contributed by atoms with Gasteiger partial charge in [-0.2, -0.15) is 0 Å². The van der Waals surface area contributed by atoms with E-state index in [0.29, 0.717) is 0 Å². The first-order chi connectivity index (χ1) is 9.51. The number of nitrogens with two attached hydrogens (primary N) is 1. The molecule has 0 aromatic carbocycles. The first-order valence-corrected chi connectivity index (χ1v) is 6.38. The summed E-state index contributed by atoms with van der Waals surface area (Å²) in [5, 5.41) is 15.9. The van der Waals surface area contributed by atoms with Gasteiger partial charge in [-0.25, -0.2) is 9.59 Å². The van der Waals surface area contributed by atoms with E-state index in [-0.39, 0.29) is 19.4 Å². The predicted molar refractivity (Wildman–Crippen MR) is 74.3 cm³/mol. The van der Waals surface area contributed by atoms with Crippen molar-refractivity contribution in [1.82, 2.24) is 16.0 Å². The lowest BCUT2D eigenvalue weighted by Gasteiger charge is -2.21. The number of nitrogens with one attached hydrogen (secondary N) is 3. The lowest BCUT2D eigenvalue weighted by molar-refractivity contribution is -0.139. The fourth-order valence-electron chi connectivity index (χ4n) is 1.38. The molecule has 6 N–H and O–H groups in total. The second-order valence-corrected chi connectivity index (χ2v) is 5.52. The Hall–Kier alpha value is -2.32. The summed E-state index contributed by atoms with van der Waals surface area (Å²) in [4.78, 5) is 44.5. The molecular formula is C12H22N4O5. The van der Waals surface area contributed by atoms with Gasteiger partial charge in [0, 0.05) is 12.0 Å². The zero-order valence-electron chi connectivity index (χ0n) is 12.4. The summed E-state index contributed by atoms with van der Waals surface area (Å²) >= 11 is 0. The second-order valence-electron chi connectivity index (χ2n) is 5.52. The van der Waals surface area contributed by atoms with E-state index in [2.05, 4.69) is 16.0 Å². The fraction of sp³-hybridized carbons (Fsp3) is 0.667. The number of carboxylic acids is 1. The van der Waals surface area contributed by atoms with E-state index in [4.69, 9.17) is 10.8 Å². The number of hydrogen-bond acceptors (Lipinski definition) is 4.